The summed E-state index contributed by atoms with van der Waals surface area (Å²) in [5, 5.41) is 0. The maximum absolute atomic E-state index is 13.3. The van der Waals surface area contributed by atoms with Gasteiger partial charge in [0.05, 0.1) is 6.61 Å². The zero-order chi connectivity index (χ0) is 13.0. The van der Waals surface area contributed by atoms with Crippen molar-refractivity contribution in [3.8, 4) is 0 Å². The van der Waals surface area contributed by atoms with Crippen molar-refractivity contribution < 1.29 is 9.13 Å². The Bertz CT molecular complexity index is 373. The van der Waals surface area contributed by atoms with Crippen LogP contribution in [0.25, 0.3) is 0 Å². The van der Waals surface area contributed by atoms with Gasteiger partial charge >= 0.3 is 0 Å². The summed E-state index contributed by atoms with van der Waals surface area (Å²) in [5.41, 5.74) is 1.00. The molecule has 0 aliphatic carbocycles. The molecule has 1 aromatic carbocycles. The van der Waals surface area contributed by atoms with E-state index in [-0.39, 0.29) is 5.82 Å². The summed E-state index contributed by atoms with van der Waals surface area (Å²) in [4.78, 5) is 2.24. The van der Waals surface area contributed by atoms with Crippen LogP contribution in [0, 0.1) is 11.7 Å². The SMILES string of the molecule is CN(Cc1cc(F)cc(Br)c1)CC1CCCOC1. The predicted octanol–water partition coefficient (Wildman–Crippen LogP) is 3.45. The van der Waals surface area contributed by atoms with Crippen molar-refractivity contribution >= 4 is 15.9 Å². The van der Waals surface area contributed by atoms with Crippen molar-refractivity contribution in [2.45, 2.75) is 19.4 Å². The minimum absolute atomic E-state index is 0.186. The summed E-state index contributed by atoms with van der Waals surface area (Å²) in [5.74, 6) is 0.425. The molecule has 0 spiro atoms. The van der Waals surface area contributed by atoms with Crippen LogP contribution in [-0.2, 0) is 11.3 Å². The third-order valence-corrected chi connectivity index (χ3v) is 3.66. The first-order valence-electron chi connectivity index (χ1n) is 6.35. The maximum Gasteiger partial charge on any atom is 0.124 e. The molecule has 1 aliphatic rings. The molecule has 1 heterocycles. The highest BCUT2D eigenvalue weighted by Gasteiger charge is 2.16. The standard InChI is InChI=1S/C14H19BrFNO/c1-17(8-11-3-2-4-18-10-11)9-12-5-13(15)7-14(16)6-12/h5-7,11H,2-4,8-10H2,1H3. The molecule has 0 radical (unpaired) electrons. The lowest BCUT2D eigenvalue weighted by atomic mass is 10.0. The Morgan fingerprint density at radius 1 is 1.44 bits per heavy atom. The number of ether oxygens (including phenoxy) is 1. The highest BCUT2D eigenvalue weighted by molar-refractivity contribution is 9.10. The molecular weight excluding hydrogens is 297 g/mol. The van der Waals surface area contributed by atoms with Crippen LogP contribution < -0.4 is 0 Å². The first-order valence-corrected chi connectivity index (χ1v) is 7.14. The van der Waals surface area contributed by atoms with Crippen LogP contribution in [0.1, 0.15) is 18.4 Å². The molecule has 0 N–H and O–H groups in total. The Hall–Kier alpha value is -0.450. The molecular formula is C14H19BrFNO. The van der Waals surface area contributed by atoms with Crippen molar-refractivity contribution in [1.82, 2.24) is 4.90 Å². The number of hydrogen-bond acceptors (Lipinski definition) is 2. The Morgan fingerprint density at radius 3 is 2.94 bits per heavy atom. The van der Waals surface area contributed by atoms with E-state index in [1.807, 2.05) is 6.07 Å². The maximum atomic E-state index is 13.3. The van der Waals surface area contributed by atoms with Crippen LogP contribution in [-0.4, -0.2) is 31.7 Å². The number of nitrogens with zero attached hydrogens (tertiary/aromatic N) is 1. The smallest absolute Gasteiger partial charge is 0.124 e. The van der Waals surface area contributed by atoms with Gasteiger partial charge in [0.2, 0.25) is 0 Å². The second-order valence-electron chi connectivity index (χ2n) is 5.06. The lowest BCUT2D eigenvalue weighted by molar-refractivity contribution is 0.0411. The third-order valence-electron chi connectivity index (χ3n) is 3.20. The quantitative estimate of drug-likeness (QED) is 0.844. The van der Waals surface area contributed by atoms with Crippen LogP contribution in [0.3, 0.4) is 0 Å². The Labute approximate surface area is 116 Å². The Balaban J connectivity index is 1.87. The van der Waals surface area contributed by atoms with Crippen LogP contribution in [0.5, 0.6) is 0 Å². The van der Waals surface area contributed by atoms with Crippen LogP contribution >= 0.6 is 15.9 Å². The number of halogens is 2. The normalized spacial score (nSPS) is 20.3. The van der Waals surface area contributed by atoms with Gasteiger partial charge in [-0.2, -0.15) is 0 Å². The van der Waals surface area contributed by atoms with Crippen molar-refractivity contribution in [2.24, 2.45) is 5.92 Å². The Morgan fingerprint density at radius 2 is 2.28 bits per heavy atom. The van der Waals surface area contributed by atoms with E-state index < -0.39 is 0 Å². The van der Waals surface area contributed by atoms with Gasteiger partial charge in [-0.15, -0.1) is 0 Å². The first kappa shape index (κ1) is 14.0. The minimum Gasteiger partial charge on any atom is -0.381 e. The summed E-state index contributed by atoms with van der Waals surface area (Å²) >= 11 is 3.32. The molecule has 1 atom stereocenters. The van der Waals surface area contributed by atoms with E-state index in [0.29, 0.717) is 5.92 Å². The molecule has 100 valence electrons. The summed E-state index contributed by atoms with van der Waals surface area (Å²) in [6.45, 7) is 3.54. The lowest BCUT2D eigenvalue weighted by Gasteiger charge is -2.27. The van der Waals surface area contributed by atoms with Gasteiger partial charge in [-0.05, 0) is 49.6 Å². The number of rotatable bonds is 4. The third kappa shape index (κ3) is 4.34. The van der Waals surface area contributed by atoms with Gasteiger partial charge in [-0.25, -0.2) is 4.39 Å². The van der Waals surface area contributed by atoms with Crippen molar-refractivity contribution in [3.05, 3.63) is 34.1 Å². The average molecular weight is 316 g/mol. The molecule has 18 heavy (non-hydrogen) atoms. The average Bonchev–Trinajstić information content (AvgIpc) is 2.28. The van der Waals surface area contributed by atoms with Gasteiger partial charge in [0.15, 0.2) is 0 Å². The molecule has 1 aliphatic heterocycles. The second-order valence-corrected chi connectivity index (χ2v) is 5.97. The fourth-order valence-electron chi connectivity index (χ4n) is 2.47. The van der Waals surface area contributed by atoms with Gasteiger partial charge < -0.3 is 9.64 Å². The van der Waals surface area contributed by atoms with Crippen LogP contribution in [0.4, 0.5) is 4.39 Å². The second kappa shape index (κ2) is 6.64. The first-order chi connectivity index (χ1) is 8.63. The molecule has 4 heteroatoms. The zero-order valence-corrected chi connectivity index (χ0v) is 12.2. The molecule has 1 aromatic rings. The summed E-state index contributed by atoms with van der Waals surface area (Å²) in [7, 11) is 2.08. The van der Waals surface area contributed by atoms with Gasteiger partial charge in [0.1, 0.15) is 5.82 Å². The van der Waals surface area contributed by atoms with Gasteiger partial charge in [0.25, 0.3) is 0 Å². The van der Waals surface area contributed by atoms with E-state index in [0.717, 1.165) is 42.8 Å². The van der Waals surface area contributed by atoms with E-state index in [9.17, 15) is 4.39 Å². The zero-order valence-electron chi connectivity index (χ0n) is 10.7. The van der Waals surface area contributed by atoms with E-state index in [1.54, 1.807) is 6.07 Å². The van der Waals surface area contributed by atoms with Crippen molar-refractivity contribution in [3.63, 3.8) is 0 Å². The molecule has 0 aromatic heterocycles. The predicted molar refractivity (Wildman–Crippen MR) is 74.0 cm³/mol. The topological polar surface area (TPSA) is 12.5 Å². The number of benzene rings is 1. The van der Waals surface area contributed by atoms with Crippen LogP contribution in [0.2, 0.25) is 0 Å². The number of hydrogen-bond donors (Lipinski definition) is 0. The summed E-state index contributed by atoms with van der Waals surface area (Å²) in [6, 6.07) is 5.05. The molecule has 2 nitrogen and oxygen atoms in total. The highest BCUT2D eigenvalue weighted by atomic mass is 79.9. The van der Waals surface area contributed by atoms with E-state index in [2.05, 4.69) is 27.9 Å². The van der Waals surface area contributed by atoms with Crippen molar-refractivity contribution in [1.29, 1.82) is 0 Å². The molecule has 1 saturated heterocycles. The summed E-state index contributed by atoms with van der Waals surface area (Å²) in [6.07, 6.45) is 2.39. The molecule has 1 fully saturated rings. The van der Waals surface area contributed by atoms with E-state index in [1.165, 1.54) is 12.5 Å². The monoisotopic (exact) mass is 315 g/mol. The molecule has 2 rings (SSSR count). The molecule has 0 amide bonds. The highest BCUT2D eigenvalue weighted by Crippen LogP contribution is 2.18. The minimum atomic E-state index is -0.186. The molecule has 0 saturated carbocycles. The largest absolute Gasteiger partial charge is 0.381 e. The van der Waals surface area contributed by atoms with Gasteiger partial charge in [0, 0.05) is 24.2 Å². The Kier molecular flexibility index (Phi) is 5.15. The molecule has 0 bridgehead atoms. The van der Waals surface area contributed by atoms with Gasteiger partial charge in [-0.1, -0.05) is 15.9 Å². The summed E-state index contributed by atoms with van der Waals surface area (Å²) < 4.78 is 19.5. The fourth-order valence-corrected chi connectivity index (χ4v) is 2.98. The van der Waals surface area contributed by atoms with Crippen LogP contribution in [0.15, 0.2) is 22.7 Å². The lowest BCUT2D eigenvalue weighted by Crippen LogP contribution is -2.30. The van der Waals surface area contributed by atoms with Gasteiger partial charge in [-0.3, -0.25) is 0 Å². The van der Waals surface area contributed by atoms with E-state index >= 15 is 0 Å². The van der Waals surface area contributed by atoms with Crippen molar-refractivity contribution in [2.75, 3.05) is 26.8 Å². The fraction of sp³-hybridized carbons (Fsp3) is 0.571. The molecule has 1 unspecified atom stereocenters. The van der Waals surface area contributed by atoms with E-state index in [4.69, 9.17) is 4.74 Å².